The van der Waals surface area contributed by atoms with E-state index < -0.39 is 0 Å². The summed E-state index contributed by atoms with van der Waals surface area (Å²) in [6.45, 7) is 6.58. The molecule has 0 amide bonds. The van der Waals surface area contributed by atoms with Crippen LogP contribution in [-0.2, 0) is 6.42 Å². The van der Waals surface area contributed by atoms with Gasteiger partial charge < -0.3 is 11.1 Å². The lowest BCUT2D eigenvalue weighted by Crippen LogP contribution is -2.14. The standard InChI is InChI=1S/C12H20N4/c1-12(2,3)7-9-6-10(13)16-11(15-9)14-8-4-5-8/h6,8H,4-5,7H2,1-3H3,(H3,13,14,15,16). The second kappa shape index (κ2) is 3.92. The molecule has 1 aromatic heterocycles. The molecule has 0 bridgehead atoms. The van der Waals surface area contributed by atoms with Crippen LogP contribution in [0.4, 0.5) is 11.8 Å². The molecule has 0 radical (unpaired) electrons. The molecular weight excluding hydrogens is 200 g/mol. The van der Waals surface area contributed by atoms with Crippen molar-refractivity contribution in [2.24, 2.45) is 5.41 Å². The maximum Gasteiger partial charge on any atom is 0.225 e. The first-order valence-corrected chi connectivity index (χ1v) is 5.82. The average Bonchev–Trinajstić information content (AvgIpc) is 2.82. The fourth-order valence-electron chi connectivity index (χ4n) is 1.63. The van der Waals surface area contributed by atoms with Gasteiger partial charge in [-0.05, 0) is 24.7 Å². The largest absolute Gasteiger partial charge is 0.384 e. The number of nitrogen functional groups attached to an aromatic ring is 1. The second-order valence-electron chi connectivity index (χ2n) is 5.76. The van der Waals surface area contributed by atoms with Crippen molar-refractivity contribution in [2.75, 3.05) is 11.1 Å². The first-order valence-electron chi connectivity index (χ1n) is 5.82. The molecule has 0 unspecified atom stereocenters. The van der Waals surface area contributed by atoms with Gasteiger partial charge in [-0.1, -0.05) is 20.8 Å². The molecule has 0 aliphatic heterocycles. The van der Waals surface area contributed by atoms with E-state index in [9.17, 15) is 0 Å². The molecule has 1 saturated carbocycles. The average molecular weight is 220 g/mol. The van der Waals surface area contributed by atoms with Gasteiger partial charge in [0.05, 0.1) is 0 Å². The SMILES string of the molecule is CC(C)(C)Cc1cc(N)nc(NC2CC2)n1. The Morgan fingerprint density at radius 3 is 2.62 bits per heavy atom. The molecule has 0 atom stereocenters. The zero-order chi connectivity index (χ0) is 11.8. The summed E-state index contributed by atoms with van der Waals surface area (Å²) in [6, 6.07) is 2.42. The van der Waals surface area contributed by atoms with Gasteiger partial charge >= 0.3 is 0 Å². The summed E-state index contributed by atoms with van der Waals surface area (Å²) in [5.41, 5.74) is 7.02. The van der Waals surface area contributed by atoms with Crippen molar-refractivity contribution >= 4 is 11.8 Å². The Hall–Kier alpha value is -1.32. The van der Waals surface area contributed by atoms with Gasteiger partial charge in [0.15, 0.2) is 0 Å². The number of hydrogen-bond acceptors (Lipinski definition) is 4. The molecule has 1 aliphatic rings. The van der Waals surface area contributed by atoms with Gasteiger partial charge in [-0.25, -0.2) is 4.98 Å². The van der Waals surface area contributed by atoms with Gasteiger partial charge in [-0.3, -0.25) is 0 Å². The normalized spacial score (nSPS) is 16.2. The lowest BCUT2D eigenvalue weighted by Gasteiger charge is -2.18. The van der Waals surface area contributed by atoms with Crippen LogP contribution in [0, 0.1) is 5.41 Å². The number of hydrogen-bond donors (Lipinski definition) is 2. The van der Waals surface area contributed by atoms with Gasteiger partial charge in [0.2, 0.25) is 5.95 Å². The first-order chi connectivity index (χ1) is 7.42. The third kappa shape index (κ3) is 3.36. The van der Waals surface area contributed by atoms with Crippen LogP contribution in [0.5, 0.6) is 0 Å². The fourth-order valence-corrected chi connectivity index (χ4v) is 1.63. The number of nitrogens with zero attached hydrogens (tertiary/aromatic N) is 2. The zero-order valence-corrected chi connectivity index (χ0v) is 10.2. The topological polar surface area (TPSA) is 63.8 Å². The minimum absolute atomic E-state index is 0.220. The number of rotatable bonds is 3. The molecule has 4 heteroatoms. The predicted molar refractivity (Wildman–Crippen MR) is 66.2 cm³/mol. The van der Waals surface area contributed by atoms with E-state index in [0.717, 1.165) is 12.1 Å². The maximum absolute atomic E-state index is 5.78. The molecule has 1 aromatic rings. The molecule has 4 nitrogen and oxygen atoms in total. The quantitative estimate of drug-likeness (QED) is 0.819. The Morgan fingerprint density at radius 1 is 1.38 bits per heavy atom. The van der Waals surface area contributed by atoms with Gasteiger partial charge in [-0.15, -0.1) is 0 Å². The highest BCUT2D eigenvalue weighted by Crippen LogP contribution is 2.25. The molecule has 1 heterocycles. The number of nitrogens with two attached hydrogens (primary N) is 1. The van der Waals surface area contributed by atoms with Crippen molar-refractivity contribution in [2.45, 2.75) is 46.1 Å². The summed E-state index contributed by atoms with van der Waals surface area (Å²) in [7, 11) is 0. The van der Waals surface area contributed by atoms with E-state index in [4.69, 9.17) is 5.73 Å². The molecule has 1 aliphatic carbocycles. The molecule has 2 rings (SSSR count). The molecule has 0 aromatic carbocycles. The fraction of sp³-hybridized carbons (Fsp3) is 0.667. The Balaban J connectivity index is 2.14. The first kappa shape index (κ1) is 11.2. The highest BCUT2D eigenvalue weighted by Gasteiger charge is 2.22. The van der Waals surface area contributed by atoms with Gasteiger partial charge in [0, 0.05) is 17.8 Å². The van der Waals surface area contributed by atoms with Crippen LogP contribution in [0.2, 0.25) is 0 Å². The summed E-state index contributed by atoms with van der Waals surface area (Å²) in [4.78, 5) is 8.70. The Bertz CT molecular complexity index is 377. The smallest absolute Gasteiger partial charge is 0.225 e. The van der Waals surface area contributed by atoms with Crippen LogP contribution in [0.25, 0.3) is 0 Å². The van der Waals surface area contributed by atoms with Crippen LogP contribution in [0.1, 0.15) is 39.3 Å². The Labute approximate surface area is 96.7 Å². The van der Waals surface area contributed by atoms with Crippen LogP contribution < -0.4 is 11.1 Å². The number of nitrogens with one attached hydrogen (secondary N) is 1. The molecule has 88 valence electrons. The van der Waals surface area contributed by atoms with Gasteiger partial charge in [0.1, 0.15) is 5.82 Å². The summed E-state index contributed by atoms with van der Waals surface area (Å²) in [5.74, 6) is 1.24. The van der Waals surface area contributed by atoms with Crippen molar-refractivity contribution < 1.29 is 0 Å². The summed E-state index contributed by atoms with van der Waals surface area (Å²) < 4.78 is 0. The second-order valence-corrected chi connectivity index (χ2v) is 5.76. The van der Waals surface area contributed by atoms with E-state index in [1.807, 2.05) is 6.07 Å². The van der Waals surface area contributed by atoms with Crippen molar-refractivity contribution in [3.8, 4) is 0 Å². The highest BCUT2D eigenvalue weighted by molar-refractivity contribution is 5.40. The lowest BCUT2D eigenvalue weighted by molar-refractivity contribution is 0.406. The summed E-state index contributed by atoms with van der Waals surface area (Å²) >= 11 is 0. The van der Waals surface area contributed by atoms with E-state index >= 15 is 0 Å². The summed E-state index contributed by atoms with van der Waals surface area (Å²) in [6.07, 6.45) is 3.35. The van der Waals surface area contributed by atoms with Crippen LogP contribution in [0.3, 0.4) is 0 Å². The van der Waals surface area contributed by atoms with Crippen LogP contribution in [-0.4, -0.2) is 16.0 Å². The lowest BCUT2D eigenvalue weighted by atomic mass is 9.90. The Morgan fingerprint density at radius 2 is 2.06 bits per heavy atom. The number of aromatic nitrogens is 2. The summed E-state index contributed by atoms with van der Waals surface area (Å²) in [5, 5.41) is 3.28. The van der Waals surface area contributed by atoms with Crippen LogP contribution >= 0.6 is 0 Å². The van der Waals surface area contributed by atoms with E-state index in [1.165, 1.54) is 12.8 Å². The third-order valence-corrected chi connectivity index (χ3v) is 2.42. The molecule has 16 heavy (non-hydrogen) atoms. The van der Waals surface area contributed by atoms with E-state index in [1.54, 1.807) is 0 Å². The minimum atomic E-state index is 0.220. The monoisotopic (exact) mass is 220 g/mol. The van der Waals surface area contributed by atoms with Crippen molar-refractivity contribution in [3.63, 3.8) is 0 Å². The van der Waals surface area contributed by atoms with Crippen molar-refractivity contribution in [1.82, 2.24) is 9.97 Å². The van der Waals surface area contributed by atoms with E-state index in [0.29, 0.717) is 17.8 Å². The van der Waals surface area contributed by atoms with Gasteiger partial charge in [0.25, 0.3) is 0 Å². The minimum Gasteiger partial charge on any atom is -0.384 e. The van der Waals surface area contributed by atoms with E-state index in [-0.39, 0.29) is 5.41 Å². The van der Waals surface area contributed by atoms with Crippen LogP contribution in [0.15, 0.2) is 6.07 Å². The van der Waals surface area contributed by atoms with Gasteiger partial charge in [-0.2, -0.15) is 4.98 Å². The van der Waals surface area contributed by atoms with Crippen molar-refractivity contribution in [1.29, 1.82) is 0 Å². The third-order valence-electron chi connectivity index (χ3n) is 2.42. The zero-order valence-electron chi connectivity index (χ0n) is 10.2. The maximum atomic E-state index is 5.78. The van der Waals surface area contributed by atoms with Crippen molar-refractivity contribution in [3.05, 3.63) is 11.8 Å². The molecule has 0 spiro atoms. The number of anilines is 2. The molecule has 1 fully saturated rings. The molecule has 0 saturated heterocycles. The van der Waals surface area contributed by atoms with E-state index in [2.05, 4.69) is 36.1 Å². The highest BCUT2D eigenvalue weighted by atomic mass is 15.1. The Kier molecular flexibility index (Phi) is 2.74. The molecule has 3 N–H and O–H groups in total. The molecular formula is C12H20N4. The predicted octanol–water partition coefficient (Wildman–Crippen LogP) is 2.22.